The average molecular weight is 348 g/mol. The highest BCUT2D eigenvalue weighted by atomic mass is 32.2. The van der Waals surface area contributed by atoms with Gasteiger partial charge in [-0.05, 0) is 50.6 Å². The van der Waals surface area contributed by atoms with Crippen molar-refractivity contribution in [2.75, 3.05) is 17.8 Å². The van der Waals surface area contributed by atoms with Gasteiger partial charge in [0.05, 0.1) is 11.9 Å². The Hall–Kier alpha value is -1.86. The molecule has 0 aliphatic carbocycles. The van der Waals surface area contributed by atoms with Gasteiger partial charge in [-0.2, -0.15) is 5.10 Å². The minimum absolute atomic E-state index is 0.211. The van der Waals surface area contributed by atoms with E-state index in [1.807, 2.05) is 24.3 Å². The quantitative estimate of drug-likeness (QED) is 0.901. The number of sulfonamides is 1. The van der Waals surface area contributed by atoms with E-state index in [9.17, 15) is 8.42 Å². The van der Waals surface area contributed by atoms with Crippen molar-refractivity contribution in [3.63, 3.8) is 0 Å². The molecule has 0 radical (unpaired) electrons. The summed E-state index contributed by atoms with van der Waals surface area (Å²) in [6.45, 7) is 4.96. The van der Waals surface area contributed by atoms with Gasteiger partial charge >= 0.3 is 0 Å². The maximum Gasteiger partial charge on any atom is 0.265 e. The predicted octanol–water partition coefficient (Wildman–Crippen LogP) is 2.52. The molecule has 0 spiro atoms. The molecule has 1 saturated heterocycles. The van der Waals surface area contributed by atoms with Crippen LogP contribution >= 0.6 is 0 Å². The Morgan fingerprint density at radius 2 is 1.79 bits per heavy atom. The van der Waals surface area contributed by atoms with Gasteiger partial charge in [0.25, 0.3) is 10.0 Å². The van der Waals surface area contributed by atoms with Gasteiger partial charge in [-0.1, -0.05) is 18.6 Å². The molecule has 1 aliphatic rings. The van der Waals surface area contributed by atoms with Crippen molar-refractivity contribution in [2.45, 2.75) is 37.6 Å². The number of anilines is 1. The highest BCUT2D eigenvalue weighted by Gasteiger charge is 2.20. The van der Waals surface area contributed by atoms with Gasteiger partial charge in [0.15, 0.2) is 0 Å². The van der Waals surface area contributed by atoms with Gasteiger partial charge in [-0.25, -0.2) is 8.42 Å². The number of nitrogens with one attached hydrogen (secondary N) is 1. The fourth-order valence-corrected chi connectivity index (χ4v) is 4.27. The molecule has 130 valence electrons. The van der Waals surface area contributed by atoms with Crippen LogP contribution in [0.3, 0.4) is 0 Å². The smallest absolute Gasteiger partial charge is 0.265 e. The first-order chi connectivity index (χ1) is 11.5. The molecule has 1 fully saturated rings. The zero-order valence-corrected chi connectivity index (χ0v) is 15.0. The Kier molecular flexibility index (Phi) is 4.91. The summed E-state index contributed by atoms with van der Waals surface area (Å²) in [6, 6.07) is 7.62. The van der Waals surface area contributed by atoms with Gasteiger partial charge in [-0.3, -0.25) is 14.3 Å². The van der Waals surface area contributed by atoms with E-state index in [4.69, 9.17) is 0 Å². The van der Waals surface area contributed by atoms with Crippen LogP contribution < -0.4 is 4.72 Å². The zero-order valence-electron chi connectivity index (χ0n) is 14.2. The lowest BCUT2D eigenvalue weighted by Crippen LogP contribution is -2.29. The summed E-state index contributed by atoms with van der Waals surface area (Å²) in [5, 5.41) is 4.00. The molecule has 7 heteroatoms. The molecule has 0 amide bonds. The highest BCUT2D eigenvalue weighted by Crippen LogP contribution is 2.20. The molecule has 2 aromatic rings. The molecule has 0 unspecified atom stereocenters. The van der Waals surface area contributed by atoms with Crippen molar-refractivity contribution >= 4 is 15.7 Å². The predicted molar refractivity (Wildman–Crippen MR) is 94.3 cm³/mol. The van der Waals surface area contributed by atoms with Crippen LogP contribution in [0.5, 0.6) is 0 Å². The summed E-state index contributed by atoms with van der Waals surface area (Å²) in [6.07, 6.45) is 5.23. The maximum absolute atomic E-state index is 12.5. The summed E-state index contributed by atoms with van der Waals surface area (Å²) in [5.41, 5.74) is 2.39. The molecular formula is C17H24N4O2S. The summed E-state index contributed by atoms with van der Waals surface area (Å²) in [4.78, 5) is 2.66. The zero-order chi connectivity index (χ0) is 17.2. The van der Waals surface area contributed by atoms with Crippen molar-refractivity contribution in [1.82, 2.24) is 14.7 Å². The summed E-state index contributed by atoms with van der Waals surface area (Å²) >= 11 is 0. The summed E-state index contributed by atoms with van der Waals surface area (Å²) in [7, 11) is -1.88. The van der Waals surface area contributed by atoms with Gasteiger partial charge in [0.2, 0.25) is 0 Å². The van der Waals surface area contributed by atoms with Gasteiger partial charge in [0, 0.05) is 19.3 Å². The number of nitrogens with zero attached hydrogens (tertiary/aromatic N) is 3. The number of aryl methyl sites for hydroxylation is 1. The third-order valence-electron chi connectivity index (χ3n) is 4.54. The van der Waals surface area contributed by atoms with Crippen LogP contribution in [0.15, 0.2) is 35.4 Å². The van der Waals surface area contributed by atoms with Gasteiger partial charge in [-0.15, -0.1) is 0 Å². The van der Waals surface area contributed by atoms with Crippen LogP contribution in [-0.4, -0.2) is 36.2 Å². The standard InChI is InChI=1S/C17H24N4O2S/c1-14-17(12-18-20(14)2)24(22,23)19-16-8-6-15(7-9-16)13-21-10-4-3-5-11-21/h6-9,12,19H,3-5,10-11,13H2,1-2H3. The van der Waals surface area contributed by atoms with Crippen molar-refractivity contribution in [1.29, 1.82) is 0 Å². The fourth-order valence-electron chi connectivity index (χ4n) is 3.01. The SMILES string of the molecule is Cc1c(S(=O)(=O)Nc2ccc(CN3CCCCC3)cc2)cnn1C. The first kappa shape index (κ1) is 17.0. The normalized spacial score (nSPS) is 16.2. The van der Waals surface area contributed by atoms with Crippen molar-refractivity contribution in [3.05, 3.63) is 41.7 Å². The lowest BCUT2D eigenvalue weighted by atomic mass is 10.1. The van der Waals surface area contributed by atoms with E-state index >= 15 is 0 Å². The Morgan fingerprint density at radius 3 is 2.38 bits per heavy atom. The van der Waals surface area contributed by atoms with E-state index < -0.39 is 10.0 Å². The first-order valence-electron chi connectivity index (χ1n) is 8.28. The Bertz CT molecular complexity index is 790. The molecule has 6 nitrogen and oxygen atoms in total. The minimum atomic E-state index is -3.61. The average Bonchev–Trinajstić information content (AvgIpc) is 2.90. The van der Waals surface area contributed by atoms with Gasteiger partial charge in [0.1, 0.15) is 4.90 Å². The second-order valence-electron chi connectivity index (χ2n) is 6.36. The molecule has 1 aromatic carbocycles. The molecule has 24 heavy (non-hydrogen) atoms. The van der Waals surface area contributed by atoms with Crippen LogP contribution in [-0.2, 0) is 23.6 Å². The van der Waals surface area contributed by atoms with E-state index in [1.165, 1.54) is 31.0 Å². The molecule has 3 rings (SSSR count). The number of aromatic nitrogens is 2. The second-order valence-corrected chi connectivity index (χ2v) is 8.01. The Morgan fingerprint density at radius 1 is 1.12 bits per heavy atom. The molecule has 1 N–H and O–H groups in total. The number of benzene rings is 1. The number of hydrogen-bond donors (Lipinski definition) is 1. The lowest BCUT2D eigenvalue weighted by molar-refractivity contribution is 0.221. The van der Waals surface area contributed by atoms with Crippen molar-refractivity contribution in [2.24, 2.45) is 7.05 Å². The van der Waals surface area contributed by atoms with Gasteiger partial charge < -0.3 is 0 Å². The largest absolute Gasteiger partial charge is 0.299 e. The van der Waals surface area contributed by atoms with E-state index in [-0.39, 0.29) is 4.90 Å². The number of hydrogen-bond acceptors (Lipinski definition) is 4. The van der Waals surface area contributed by atoms with Crippen LogP contribution in [0, 0.1) is 6.92 Å². The second kappa shape index (κ2) is 6.94. The minimum Gasteiger partial charge on any atom is -0.299 e. The maximum atomic E-state index is 12.5. The molecular weight excluding hydrogens is 324 g/mol. The van der Waals surface area contributed by atoms with E-state index in [1.54, 1.807) is 18.7 Å². The van der Waals surface area contributed by atoms with Crippen molar-refractivity contribution in [3.8, 4) is 0 Å². The molecule has 1 aromatic heterocycles. The fraction of sp³-hybridized carbons (Fsp3) is 0.471. The van der Waals surface area contributed by atoms with E-state index in [2.05, 4.69) is 14.7 Å². The Labute approximate surface area is 143 Å². The van der Waals surface area contributed by atoms with Crippen LogP contribution in [0.2, 0.25) is 0 Å². The lowest BCUT2D eigenvalue weighted by Gasteiger charge is -2.26. The number of likely N-dealkylation sites (tertiary alicyclic amines) is 1. The molecule has 0 bridgehead atoms. The molecule has 0 saturated carbocycles. The highest BCUT2D eigenvalue weighted by molar-refractivity contribution is 7.92. The van der Waals surface area contributed by atoms with Crippen LogP contribution in [0.25, 0.3) is 0 Å². The molecule has 1 aliphatic heterocycles. The van der Waals surface area contributed by atoms with Crippen molar-refractivity contribution < 1.29 is 8.42 Å². The molecule has 0 atom stereocenters. The monoisotopic (exact) mass is 348 g/mol. The van der Waals surface area contributed by atoms with E-state index in [0.717, 1.165) is 19.6 Å². The summed E-state index contributed by atoms with van der Waals surface area (Å²) in [5.74, 6) is 0. The Balaban J connectivity index is 1.68. The third kappa shape index (κ3) is 3.79. The number of piperidine rings is 1. The third-order valence-corrected chi connectivity index (χ3v) is 6.03. The van der Waals surface area contributed by atoms with E-state index in [0.29, 0.717) is 11.4 Å². The summed E-state index contributed by atoms with van der Waals surface area (Å²) < 4.78 is 29.1. The van der Waals surface area contributed by atoms with Crippen LogP contribution in [0.4, 0.5) is 5.69 Å². The number of rotatable bonds is 5. The topological polar surface area (TPSA) is 67.2 Å². The van der Waals surface area contributed by atoms with Crippen LogP contribution in [0.1, 0.15) is 30.5 Å². The first-order valence-corrected chi connectivity index (χ1v) is 9.77. The molecule has 2 heterocycles.